The summed E-state index contributed by atoms with van der Waals surface area (Å²) in [6, 6.07) is 3.31. The van der Waals surface area contributed by atoms with Crippen molar-refractivity contribution >= 4 is 22.4 Å². The maximum absolute atomic E-state index is 14.9. The van der Waals surface area contributed by atoms with Crippen molar-refractivity contribution in [1.29, 1.82) is 0 Å². The Labute approximate surface area is 218 Å². The van der Waals surface area contributed by atoms with Crippen molar-refractivity contribution in [3.63, 3.8) is 0 Å². The molecule has 0 bridgehead atoms. The van der Waals surface area contributed by atoms with Gasteiger partial charge in [-0.15, -0.1) is 0 Å². The molecule has 2 aliphatic rings. The van der Waals surface area contributed by atoms with Crippen LogP contribution in [0.3, 0.4) is 0 Å². The minimum atomic E-state index is -2.92. The van der Waals surface area contributed by atoms with Crippen LogP contribution in [0.5, 0.6) is 0 Å². The van der Waals surface area contributed by atoms with Crippen LogP contribution in [-0.4, -0.2) is 79.1 Å². The number of aromatic nitrogens is 3. The van der Waals surface area contributed by atoms with Crippen molar-refractivity contribution in [3.05, 3.63) is 57.5 Å². The summed E-state index contributed by atoms with van der Waals surface area (Å²) < 4.78 is 48.7. The summed E-state index contributed by atoms with van der Waals surface area (Å²) in [5, 5.41) is 5.74. The number of nitrogens with zero attached hydrogens (tertiary/aromatic N) is 6. The summed E-state index contributed by atoms with van der Waals surface area (Å²) in [6.45, 7) is 8.46. The van der Waals surface area contributed by atoms with Gasteiger partial charge in [-0.2, -0.15) is 0 Å². The second-order valence-corrected chi connectivity index (χ2v) is 9.78. The van der Waals surface area contributed by atoms with Crippen molar-refractivity contribution in [2.45, 2.75) is 26.3 Å². The number of hydrogen-bond donors (Lipinski definition) is 1. The van der Waals surface area contributed by atoms with Gasteiger partial charge in [0, 0.05) is 37.9 Å². The number of aryl methyl sites for hydroxylation is 1. The van der Waals surface area contributed by atoms with Gasteiger partial charge in [0.2, 0.25) is 0 Å². The number of ether oxygens (including phenoxy) is 1. The van der Waals surface area contributed by atoms with Gasteiger partial charge in [0.1, 0.15) is 28.7 Å². The van der Waals surface area contributed by atoms with Gasteiger partial charge in [0.25, 0.3) is 12.0 Å². The average molecular weight is 532 g/mol. The zero-order valence-electron chi connectivity index (χ0n) is 21.8. The molecular weight excluding hydrogens is 499 g/mol. The summed E-state index contributed by atoms with van der Waals surface area (Å²) in [4.78, 5) is 27.4. The van der Waals surface area contributed by atoms with E-state index >= 15 is 0 Å². The standard InChI is InChI=1S/C26H32F3N7O2/c1-16(18-5-4-6-19(21(18)27)24(28)29)30-25-20-15-36(35-11-13-38-14-12-35)26(37)23(22(20)31-17(2)32-25)34-9-7-33(3)8-10-34/h4-6,15-16,24H,7-14H2,1-3H3,(H,30,31,32)/t16-/m1/s1. The molecule has 2 aliphatic heterocycles. The number of anilines is 2. The first-order valence-electron chi connectivity index (χ1n) is 12.8. The zero-order valence-corrected chi connectivity index (χ0v) is 21.8. The molecule has 1 N–H and O–H groups in total. The van der Waals surface area contributed by atoms with E-state index in [-0.39, 0.29) is 11.1 Å². The summed E-state index contributed by atoms with van der Waals surface area (Å²) in [7, 11) is 2.05. The largest absolute Gasteiger partial charge is 0.378 e. The quantitative estimate of drug-likeness (QED) is 0.520. The molecule has 4 heterocycles. The first-order chi connectivity index (χ1) is 18.2. The summed E-state index contributed by atoms with van der Waals surface area (Å²) in [5.41, 5.74) is 0.297. The minimum absolute atomic E-state index is 0.105. The van der Waals surface area contributed by atoms with Crippen molar-refractivity contribution in [2.75, 3.05) is 74.8 Å². The Morgan fingerprint density at radius 2 is 1.71 bits per heavy atom. The Kier molecular flexibility index (Phi) is 7.44. The van der Waals surface area contributed by atoms with Crippen molar-refractivity contribution in [3.8, 4) is 0 Å². The molecule has 2 aromatic heterocycles. The van der Waals surface area contributed by atoms with E-state index in [1.54, 1.807) is 24.7 Å². The second kappa shape index (κ2) is 10.8. The van der Waals surface area contributed by atoms with Gasteiger partial charge in [-0.05, 0) is 20.9 Å². The van der Waals surface area contributed by atoms with E-state index in [1.807, 2.05) is 12.1 Å². The third-order valence-electron chi connectivity index (χ3n) is 7.17. The van der Waals surface area contributed by atoms with Gasteiger partial charge in [-0.1, -0.05) is 18.2 Å². The number of piperazine rings is 1. The van der Waals surface area contributed by atoms with Gasteiger partial charge in [0.05, 0.1) is 43.3 Å². The summed E-state index contributed by atoms with van der Waals surface area (Å²) in [6.07, 6.45) is -1.21. The van der Waals surface area contributed by atoms with Gasteiger partial charge >= 0.3 is 0 Å². The minimum Gasteiger partial charge on any atom is -0.378 e. The average Bonchev–Trinajstić information content (AvgIpc) is 2.89. The van der Waals surface area contributed by atoms with Crippen LogP contribution in [0, 0.1) is 12.7 Å². The lowest BCUT2D eigenvalue weighted by Crippen LogP contribution is -2.51. The maximum Gasteiger partial charge on any atom is 0.294 e. The van der Waals surface area contributed by atoms with E-state index in [2.05, 4.69) is 25.1 Å². The number of morpholine rings is 1. The fraction of sp³-hybridized carbons (Fsp3) is 0.500. The molecular formula is C26H32F3N7O2. The summed E-state index contributed by atoms with van der Waals surface area (Å²) >= 11 is 0. The lowest BCUT2D eigenvalue weighted by Gasteiger charge is -2.36. The molecule has 1 aromatic carbocycles. The van der Waals surface area contributed by atoms with Crippen LogP contribution in [0.2, 0.25) is 0 Å². The predicted molar refractivity (Wildman–Crippen MR) is 140 cm³/mol. The highest BCUT2D eigenvalue weighted by Gasteiger charge is 2.27. The van der Waals surface area contributed by atoms with Gasteiger partial charge in [0.15, 0.2) is 0 Å². The summed E-state index contributed by atoms with van der Waals surface area (Å²) in [5.74, 6) is -0.104. The highest BCUT2D eigenvalue weighted by molar-refractivity contribution is 5.97. The lowest BCUT2D eigenvalue weighted by atomic mass is 10.0. The molecule has 204 valence electrons. The normalized spacial score (nSPS) is 17.9. The topological polar surface area (TPSA) is 78.8 Å². The van der Waals surface area contributed by atoms with Crippen LogP contribution in [0.1, 0.15) is 36.3 Å². The SMILES string of the molecule is Cc1nc(N[C@H](C)c2cccc(C(F)F)c2F)c2cn(N3CCOCC3)c(=O)c(N3CCN(C)CC3)c2n1. The number of alkyl halides is 2. The van der Waals surface area contributed by atoms with E-state index in [0.717, 1.165) is 19.2 Å². The Hall–Kier alpha value is -3.38. The first kappa shape index (κ1) is 26.2. The zero-order chi connectivity index (χ0) is 27.0. The van der Waals surface area contributed by atoms with Crippen molar-refractivity contribution in [2.24, 2.45) is 0 Å². The highest BCUT2D eigenvalue weighted by atomic mass is 19.3. The fourth-order valence-electron chi connectivity index (χ4n) is 5.03. The molecule has 38 heavy (non-hydrogen) atoms. The molecule has 2 fully saturated rings. The first-order valence-corrected chi connectivity index (χ1v) is 12.8. The Morgan fingerprint density at radius 3 is 2.39 bits per heavy atom. The number of likely N-dealkylation sites (N-methyl/N-ethyl adjacent to an activating group) is 1. The molecule has 5 rings (SSSR count). The van der Waals surface area contributed by atoms with E-state index in [9.17, 15) is 18.0 Å². The fourth-order valence-corrected chi connectivity index (χ4v) is 5.03. The van der Waals surface area contributed by atoms with Crippen LogP contribution >= 0.6 is 0 Å². The van der Waals surface area contributed by atoms with Crippen LogP contribution in [0.25, 0.3) is 10.9 Å². The van der Waals surface area contributed by atoms with Gasteiger partial charge in [-0.25, -0.2) is 27.8 Å². The molecule has 0 unspecified atom stereocenters. The van der Waals surface area contributed by atoms with Crippen molar-refractivity contribution in [1.82, 2.24) is 19.5 Å². The predicted octanol–water partition coefficient (Wildman–Crippen LogP) is 3.07. The Morgan fingerprint density at radius 1 is 1.03 bits per heavy atom. The second-order valence-electron chi connectivity index (χ2n) is 9.78. The Bertz CT molecular complexity index is 1370. The van der Waals surface area contributed by atoms with Crippen LogP contribution in [0.15, 0.2) is 29.2 Å². The molecule has 0 radical (unpaired) electrons. The molecule has 0 saturated carbocycles. The number of hydrogen-bond acceptors (Lipinski definition) is 8. The molecule has 1 atom stereocenters. The lowest BCUT2D eigenvalue weighted by molar-refractivity contribution is 0.111. The number of halogens is 3. The molecule has 0 aliphatic carbocycles. The van der Waals surface area contributed by atoms with E-state index in [1.165, 1.54) is 12.1 Å². The number of fused-ring (bicyclic) bond motifs is 1. The Balaban J connectivity index is 1.64. The van der Waals surface area contributed by atoms with Crippen LogP contribution in [-0.2, 0) is 4.74 Å². The highest BCUT2D eigenvalue weighted by Crippen LogP contribution is 2.32. The van der Waals surface area contributed by atoms with Crippen LogP contribution in [0.4, 0.5) is 24.7 Å². The molecule has 12 heteroatoms. The van der Waals surface area contributed by atoms with Crippen molar-refractivity contribution < 1.29 is 17.9 Å². The molecule has 2 saturated heterocycles. The monoisotopic (exact) mass is 531 g/mol. The van der Waals surface area contributed by atoms with Gasteiger partial charge < -0.3 is 24.9 Å². The molecule has 0 amide bonds. The molecule has 9 nitrogen and oxygen atoms in total. The van der Waals surface area contributed by atoms with Crippen LogP contribution < -0.4 is 20.8 Å². The maximum atomic E-state index is 14.9. The van der Waals surface area contributed by atoms with Gasteiger partial charge in [-0.3, -0.25) is 4.79 Å². The smallest absolute Gasteiger partial charge is 0.294 e. The number of pyridine rings is 1. The number of rotatable bonds is 6. The molecule has 0 spiro atoms. The van der Waals surface area contributed by atoms with E-state index < -0.39 is 23.8 Å². The third-order valence-corrected chi connectivity index (χ3v) is 7.17. The number of nitrogens with one attached hydrogen (secondary N) is 1. The number of benzene rings is 1. The van der Waals surface area contributed by atoms with E-state index in [0.29, 0.717) is 67.6 Å². The van der Waals surface area contributed by atoms with E-state index in [4.69, 9.17) is 4.74 Å². The third kappa shape index (κ3) is 5.02. The molecule has 3 aromatic rings.